The number of anilines is 1. The standard InChI is InChI=1S/C15H20FN3O2/c1-18-12-3-4-13(18)7-10(6-12)9-17-14-5-2-11(16)8-15(14)19(20)21/h2,5,8,10,12-13,17H,3-4,6-7,9H2,1H3. The van der Waals surface area contributed by atoms with Gasteiger partial charge in [0.05, 0.1) is 11.0 Å². The van der Waals surface area contributed by atoms with Crippen LogP contribution in [0, 0.1) is 21.8 Å². The quantitative estimate of drug-likeness (QED) is 0.685. The molecule has 6 heteroatoms. The first-order valence-corrected chi connectivity index (χ1v) is 7.44. The Labute approximate surface area is 123 Å². The van der Waals surface area contributed by atoms with Gasteiger partial charge >= 0.3 is 0 Å². The lowest BCUT2D eigenvalue weighted by atomic mass is 9.91. The molecule has 0 aliphatic carbocycles. The Balaban J connectivity index is 1.65. The van der Waals surface area contributed by atoms with Crippen LogP contribution < -0.4 is 5.32 Å². The monoisotopic (exact) mass is 293 g/mol. The molecule has 2 fully saturated rings. The maximum Gasteiger partial charge on any atom is 0.295 e. The first-order valence-electron chi connectivity index (χ1n) is 7.44. The van der Waals surface area contributed by atoms with E-state index in [0.717, 1.165) is 18.9 Å². The van der Waals surface area contributed by atoms with Crippen LogP contribution in [0.1, 0.15) is 25.7 Å². The molecule has 2 saturated heterocycles. The molecular formula is C15H20FN3O2. The Bertz CT molecular complexity index is 538. The first-order chi connectivity index (χ1) is 10.0. The highest BCUT2D eigenvalue weighted by atomic mass is 19.1. The minimum absolute atomic E-state index is 0.189. The Morgan fingerprint density at radius 3 is 2.67 bits per heavy atom. The average Bonchev–Trinajstić information content (AvgIpc) is 2.68. The number of piperidine rings is 1. The summed E-state index contributed by atoms with van der Waals surface area (Å²) in [6.07, 6.45) is 4.78. The van der Waals surface area contributed by atoms with Crippen LogP contribution in [0.15, 0.2) is 18.2 Å². The van der Waals surface area contributed by atoms with Gasteiger partial charge in [-0.25, -0.2) is 4.39 Å². The fourth-order valence-electron chi connectivity index (χ4n) is 3.75. The van der Waals surface area contributed by atoms with E-state index in [9.17, 15) is 14.5 Å². The van der Waals surface area contributed by atoms with Crippen molar-refractivity contribution in [2.75, 3.05) is 18.9 Å². The summed E-state index contributed by atoms with van der Waals surface area (Å²) in [6.45, 7) is 0.716. The number of fused-ring (bicyclic) bond motifs is 2. The van der Waals surface area contributed by atoms with Crippen molar-refractivity contribution in [2.45, 2.75) is 37.8 Å². The van der Waals surface area contributed by atoms with E-state index in [1.54, 1.807) is 0 Å². The van der Waals surface area contributed by atoms with Gasteiger partial charge in [-0.2, -0.15) is 0 Å². The number of hydrogen-bond donors (Lipinski definition) is 1. The molecule has 1 aromatic rings. The highest BCUT2D eigenvalue weighted by Gasteiger charge is 2.38. The number of benzene rings is 1. The van der Waals surface area contributed by atoms with Crippen molar-refractivity contribution in [1.29, 1.82) is 0 Å². The second-order valence-corrected chi connectivity index (χ2v) is 6.19. The molecule has 0 aromatic heterocycles. The van der Waals surface area contributed by atoms with Gasteiger partial charge in [0.2, 0.25) is 0 Å². The van der Waals surface area contributed by atoms with E-state index in [1.165, 1.54) is 25.0 Å². The minimum atomic E-state index is -0.579. The zero-order chi connectivity index (χ0) is 15.0. The second-order valence-electron chi connectivity index (χ2n) is 6.19. The molecule has 114 valence electrons. The smallest absolute Gasteiger partial charge is 0.295 e. The van der Waals surface area contributed by atoms with Crippen molar-refractivity contribution in [1.82, 2.24) is 4.90 Å². The SMILES string of the molecule is CN1C2CCC1CC(CNc1ccc(F)cc1[N+](=O)[O-])C2. The predicted molar refractivity (Wildman–Crippen MR) is 78.8 cm³/mol. The summed E-state index contributed by atoms with van der Waals surface area (Å²) >= 11 is 0. The van der Waals surface area contributed by atoms with Gasteiger partial charge in [0, 0.05) is 18.6 Å². The van der Waals surface area contributed by atoms with Crippen LogP contribution in [0.3, 0.4) is 0 Å². The van der Waals surface area contributed by atoms with Gasteiger partial charge in [-0.15, -0.1) is 0 Å². The topological polar surface area (TPSA) is 58.4 Å². The van der Waals surface area contributed by atoms with Crippen LogP contribution in [0.5, 0.6) is 0 Å². The number of nitrogens with zero attached hydrogens (tertiary/aromatic N) is 2. The Hall–Kier alpha value is -1.69. The van der Waals surface area contributed by atoms with Crippen molar-refractivity contribution in [3.8, 4) is 0 Å². The van der Waals surface area contributed by atoms with Crippen molar-refractivity contribution < 1.29 is 9.31 Å². The molecular weight excluding hydrogens is 273 g/mol. The molecule has 5 nitrogen and oxygen atoms in total. The molecule has 0 saturated carbocycles. The highest BCUT2D eigenvalue weighted by molar-refractivity contribution is 5.61. The van der Waals surface area contributed by atoms with Crippen molar-refractivity contribution in [3.63, 3.8) is 0 Å². The molecule has 2 atom stereocenters. The van der Waals surface area contributed by atoms with Crippen molar-refractivity contribution >= 4 is 11.4 Å². The number of nitro groups is 1. The molecule has 1 N–H and O–H groups in total. The normalized spacial score (nSPS) is 28.6. The van der Waals surface area contributed by atoms with Crippen molar-refractivity contribution in [2.24, 2.45) is 5.92 Å². The lowest BCUT2D eigenvalue weighted by molar-refractivity contribution is -0.384. The van der Waals surface area contributed by atoms with Crippen LogP contribution >= 0.6 is 0 Å². The third-order valence-corrected chi connectivity index (χ3v) is 4.93. The minimum Gasteiger partial charge on any atom is -0.379 e. The van der Waals surface area contributed by atoms with Crippen LogP contribution in [-0.4, -0.2) is 35.5 Å². The molecule has 3 rings (SSSR count). The van der Waals surface area contributed by atoms with E-state index in [-0.39, 0.29) is 5.69 Å². The molecule has 2 aliphatic heterocycles. The zero-order valence-electron chi connectivity index (χ0n) is 12.1. The summed E-state index contributed by atoms with van der Waals surface area (Å²) in [5.74, 6) is -0.0482. The van der Waals surface area contributed by atoms with Gasteiger partial charge in [0.25, 0.3) is 5.69 Å². The number of nitro benzene ring substituents is 1. The molecule has 2 aliphatic rings. The van der Waals surface area contributed by atoms with E-state index >= 15 is 0 Å². The van der Waals surface area contributed by atoms with E-state index in [4.69, 9.17) is 0 Å². The van der Waals surface area contributed by atoms with Gasteiger partial charge in [-0.05, 0) is 50.8 Å². The number of hydrogen-bond acceptors (Lipinski definition) is 4. The molecule has 21 heavy (non-hydrogen) atoms. The summed E-state index contributed by atoms with van der Waals surface area (Å²) in [7, 11) is 2.19. The largest absolute Gasteiger partial charge is 0.379 e. The van der Waals surface area contributed by atoms with Crippen molar-refractivity contribution in [3.05, 3.63) is 34.1 Å². The third-order valence-electron chi connectivity index (χ3n) is 4.93. The fraction of sp³-hybridized carbons (Fsp3) is 0.600. The van der Waals surface area contributed by atoms with Gasteiger partial charge in [-0.1, -0.05) is 0 Å². The summed E-state index contributed by atoms with van der Waals surface area (Å²) in [5, 5.41) is 14.1. The van der Waals surface area contributed by atoms with Crippen LogP contribution in [0.2, 0.25) is 0 Å². The number of rotatable bonds is 4. The number of nitrogens with one attached hydrogen (secondary N) is 1. The van der Waals surface area contributed by atoms with E-state index in [2.05, 4.69) is 17.3 Å². The predicted octanol–water partition coefficient (Wildman–Crippen LogP) is 3.02. The van der Waals surface area contributed by atoms with E-state index < -0.39 is 10.7 Å². The lowest BCUT2D eigenvalue weighted by Gasteiger charge is -2.36. The summed E-state index contributed by atoms with van der Waals surface area (Å²) in [5.41, 5.74) is 0.221. The van der Waals surface area contributed by atoms with Gasteiger partial charge < -0.3 is 10.2 Å². The maximum absolute atomic E-state index is 13.1. The van der Waals surface area contributed by atoms with Gasteiger partial charge in [-0.3, -0.25) is 10.1 Å². The molecule has 2 unspecified atom stereocenters. The van der Waals surface area contributed by atoms with Gasteiger partial charge in [0.15, 0.2) is 0 Å². The Morgan fingerprint density at radius 2 is 2.05 bits per heavy atom. The zero-order valence-corrected chi connectivity index (χ0v) is 12.1. The maximum atomic E-state index is 13.1. The average molecular weight is 293 g/mol. The highest BCUT2D eigenvalue weighted by Crippen LogP contribution is 2.37. The van der Waals surface area contributed by atoms with Crippen LogP contribution in [0.4, 0.5) is 15.8 Å². The molecule has 1 aromatic carbocycles. The van der Waals surface area contributed by atoms with E-state index in [1.807, 2.05) is 0 Å². The third kappa shape index (κ3) is 2.85. The Kier molecular flexibility index (Phi) is 3.80. The second kappa shape index (κ2) is 5.60. The molecule has 2 heterocycles. The molecule has 0 spiro atoms. The molecule has 2 bridgehead atoms. The molecule has 0 radical (unpaired) electrons. The van der Waals surface area contributed by atoms with Crippen LogP contribution in [-0.2, 0) is 0 Å². The van der Waals surface area contributed by atoms with E-state index in [0.29, 0.717) is 30.2 Å². The fourth-order valence-corrected chi connectivity index (χ4v) is 3.75. The van der Waals surface area contributed by atoms with Crippen LogP contribution in [0.25, 0.3) is 0 Å². The summed E-state index contributed by atoms with van der Waals surface area (Å²) < 4.78 is 13.1. The summed E-state index contributed by atoms with van der Waals surface area (Å²) in [4.78, 5) is 12.9. The summed E-state index contributed by atoms with van der Waals surface area (Å²) in [6, 6.07) is 4.99. The lowest BCUT2D eigenvalue weighted by Crippen LogP contribution is -2.41. The first kappa shape index (κ1) is 14.3. The number of halogens is 1. The Morgan fingerprint density at radius 1 is 1.38 bits per heavy atom. The molecule has 0 amide bonds. The van der Waals surface area contributed by atoms with Gasteiger partial charge in [0.1, 0.15) is 11.5 Å².